The lowest BCUT2D eigenvalue weighted by atomic mass is 10.1. The van der Waals surface area contributed by atoms with Crippen molar-refractivity contribution in [3.05, 3.63) is 47.0 Å². The fourth-order valence-electron chi connectivity index (χ4n) is 3.30. The highest BCUT2D eigenvalue weighted by atomic mass is 16.5. The molecular weight excluding hydrogens is 320 g/mol. The highest BCUT2D eigenvalue weighted by molar-refractivity contribution is 6.00. The molecule has 132 valence electrons. The lowest BCUT2D eigenvalue weighted by Gasteiger charge is -2.18. The predicted octanol–water partition coefficient (Wildman–Crippen LogP) is 1.82. The zero-order chi connectivity index (χ0) is 18.0. The molecule has 2 aromatic heterocycles. The first-order valence-electron chi connectivity index (χ1n) is 8.24. The van der Waals surface area contributed by atoms with Crippen LogP contribution in [0.15, 0.2) is 24.5 Å². The average Bonchev–Trinajstić information content (AvgIpc) is 3.19. The van der Waals surface area contributed by atoms with E-state index >= 15 is 0 Å². The number of aromatic nitrogens is 2. The topological polar surface area (TPSA) is 87.3 Å². The summed E-state index contributed by atoms with van der Waals surface area (Å²) in [6.07, 6.45) is 4.43. The van der Waals surface area contributed by atoms with Gasteiger partial charge in [0, 0.05) is 31.0 Å². The summed E-state index contributed by atoms with van der Waals surface area (Å²) in [6, 6.07) is 3.97. The molecule has 0 radical (unpaired) electrons. The van der Waals surface area contributed by atoms with Crippen LogP contribution in [-0.4, -0.2) is 48.1 Å². The largest absolute Gasteiger partial charge is 0.465 e. The van der Waals surface area contributed by atoms with Crippen molar-refractivity contribution >= 4 is 17.6 Å². The van der Waals surface area contributed by atoms with Gasteiger partial charge >= 0.3 is 5.97 Å². The van der Waals surface area contributed by atoms with Crippen LogP contribution in [0.2, 0.25) is 0 Å². The maximum absolute atomic E-state index is 12.6. The van der Waals surface area contributed by atoms with Crippen molar-refractivity contribution in [2.75, 3.05) is 25.1 Å². The lowest BCUT2D eigenvalue weighted by molar-refractivity contribution is 0.0599. The van der Waals surface area contributed by atoms with Crippen molar-refractivity contribution in [2.24, 2.45) is 0 Å². The number of nitrogens with zero attached hydrogens (tertiary/aromatic N) is 2. The number of aromatic amines is 1. The van der Waals surface area contributed by atoms with Crippen LogP contribution in [0.1, 0.15) is 38.5 Å². The Hall–Kier alpha value is -2.83. The number of aryl methyl sites for hydroxylation is 1. The number of hydrogen-bond donors (Lipinski definition) is 2. The van der Waals surface area contributed by atoms with E-state index in [1.54, 1.807) is 20.0 Å². The second-order valence-electron chi connectivity index (χ2n) is 6.23. The highest BCUT2D eigenvalue weighted by Gasteiger charge is 2.27. The van der Waals surface area contributed by atoms with Gasteiger partial charge in [-0.15, -0.1) is 0 Å². The van der Waals surface area contributed by atoms with Gasteiger partial charge in [-0.1, -0.05) is 0 Å². The van der Waals surface area contributed by atoms with Crippen LogP contribution < -0.4 is 10.2 Å². The Morgan fingerprint density at radius 2 is 2.20 bits per heavy atom. The van der Waals surface area contributed by atoms with E-state index in [-0.39, 0.29) is 11.9 Å². The number of carbonyl (C=O) groups is 2. The molecule has 0 saturated carbocycles. The Morgan fingerprint density at radius 3 is 2.88 bits per heavy atom. The fourth-order valence-corrected chi connectivity index (χ4v) is 3.30. The lowest BCUT2D eigenvalue weighted by Crippen LogP contribution is -2.37. The molecule has 25 heavy (non-hydrogen) atoms. The molecule has 1 aliphatic rings. The number of methoxy groups -OCH3 is 1. The first-order valence-corrected chi connectivity index (χ1v) is 8.24. The molecule has 1 amide bonds. The Bertz CT molecular complexity index is 785. The molecule has 0 unspecified atom stereocenters. The summed E-state index contributed by atoms with van der Waals surface area (Å²) >= 11 is 0. The van der Waals surface area contributed by atoms with E-state index in [0.29, 0.717) is 22.5 Å². The number of pyridine rings is 1. The van der Waals surface area contributed by atoms with Gasteiger partial charge < -0.3 is 19.9 Å². The average molecular weight is 342 g/mol. The van der Waals surface area contributed by atoms with Crippen LogP contribution in [0.3, 0.4) is 0 Å². The minimum atomic E-state index is -0.436. The van der Waals surface area contributed by atoms with E-state index in [2.05, 4.69) is 20.2 Å². The quantitative estimate of drug-likeness (QED) is 0.828. The summed E-state index contributed by atoms with van der Waals surface area (Å²) in [5.74, 6) is -0.636. The normalized spacial score (nSPS) is 16.8. The number of carbonyl (C=O) groups excluding carboxylic acids is 2. The standard InChI is InChI=1S/C18H22N4O3/c1-11-15(18(24)25-3)12(2)20-16(11)17(23)21-13-6-8-22(10-13)14-5-4-7-19-9-14/h4-5,7,9,13,20H,6,8,10H2,1-3H3,(H,21,23)/t13-/m0/s1. The van der Waals surface area contributed by atoms with Crippen LogP contribution >= 0.6 is 0 Å². The zero-order valence-corrected chi connectivity index (χ0v) is 14.6. The van der Waals surface area contributed by atoms with Crippen molar-refractivity contribution < 1.29 is 14.3 Å². The number of esters is 1. The van der Waals surface area contributed by atoms with Gasteiger partial charge in [-0.2, -0.15) is 0 Å². The monoisotopic (exact) mass is 342 g/mol. The first kappa shape index (κ1) is 17.0. The minimum Gasteiger partial charge on any atom is -0.465 e. The molecule has 1 fully saturated rings. The maximum Gasteiger partial charge on any atom is 0.339 e. The van der Waals surface area contributed by atoms with E-state index in [9.17, 15) is 9.59 Å². The minimum absolute atomic E-state index is 0.0530. The molecule has 3 heterocycles. The SMILES string of the molecule is COC(=O)c1c(C)[nH]c(C(=O)N[C@H]2CCN(c3cccnc3)C2)c1C. The summed E-state index contributed by atoms with van der Waals surface area (Å²) in [7, 11) is 1.33. The van der Waals surface area contributed by atoms with E-state index in [1.165, 1.54) is 7.11 Å². The number of nitrogens with one attached hydrogen (secondary N) is 2. The summed E-state index contributed by atoms with van der Waals surface area (Å²) in [5.41, 5.74) is 3.15. The summed E-state index contributed by atoms with van der Waals surface area (Å²) in [5, 5.41) is 3.05. The van der Waals surface area contributed by atoms with E-state index in [4.69, 9.17) is 4.74 Å². The summed E-state index contributed by atoms with van der Waals surface area (Å²) in [6.45, 7) is 5.11. The highest BCUT2D eigenvalue weighted by Crippen LogP contribution is 2.21. The number of H-pyrrole nitrogens is 1. The van der Waals surface area contributed by atoms with Gasteiger partial charge in [0.15, 0.2) is 0 Å². The Labute approximate surface area is 146 Å². The third-order valence-electron chi connectivity index (χ3n) is 4.59. The van der Waals surface area contributed by atoms with Crippen LogP contribution in [0, 0.1) is 13.8 Å². The van der Waals surface area contributed by atoms with Crippen molar-refractivity contribution in [1.29, 1.82) is 0 Å². The van der Waals surface area contributed by atoms with Gasteiger partial charge in [-0.3, -0.25) is 9.78 Å². The summed E-state index contributed by atoms with van der Waals surface area (Å²) < 4.78 is 4.78. The van der Waals surface area contributed by atoms with Gasteiger partial charge in [0.1, 0.15) is 5.69 Å². The third kappa shape index (κ3) is 3.35. The molecule has 1 aliphatic heterocycles. The molecule has 7 heteroatoms. The number of anilines is 1. The second-order valence-corrected chi connectivity index (χ2v) is 6.23. The van der Waals surface area contributed by atoms with Gasteiger partial charge in [-0.25, -0.2) is 4.79 Å². The van der Waals surface area contributed by atoms with Crippen molar-refractivity contribution in [1.82, 2.24) is 15.3 Å². The molecule has 0 aromatic carbocycles. The molecular formula is C18H22N4O3. The van der Waals surface area contributed by atoms with Crippen molar-refractivity contribution in [3.63, 3.8) is 0 Å². The van der Waals surface area contributed by atoms with E-state index < -0.39 is 5.97 Å². The number of amides is 1. The molecule has 0 bridgehead atoms. The van der Waals surface area contributed by atoms with Crippen LogP contribution in [0.25, 0.3) is 0 Å². The van der Waals surface area contributed by atoms with E-state index in [1.807, 2.05) is 18.3 Å². The molecule has 0 spiro atoms. The van der Waals surface area contributed by atoms with Crippen LogP contribution in [-0.2, 0) is 4.74 Å². The molecule has 7 nitrogen and oxygen atoms in total. The molecule has 2 aromatic rings. The number of hydrogen-bond acceptors (Lipinski definition) is 5. The molecule has 0 aliphatic carbocycles. The zero-order valence-electron chi connectivity index (χ0n) is 14.6. The van der Waals surface area contributed by atoms with Crippen molar-refractivity contribution in [3.8, 4) is 0 Å². The first-order chi connectivity index (χ1) is 12.0. The van der Waals surface area contributed by atoms with Gasteiger partial charge in [-0.05, 0) is 38.0 Å². The third-order valence-corrected chi connectivity index (χ3v) is 4.59. The predicted molar refractivity (Wildman–Crippen MR) is 93.9 cm³/mol. The second kappa shape index (κ2) is 6.96. The number of ether oxygens (including phenoxy) is 1. The molecule has 1 saturated heterocycles. The number of rotatable bonds is 4. The maximum atomic E-state index is 12.6. The van der Waals surface area contributed by atoms with Crippen molar-refractivity contribution in [2.45, 2.75) is 26.3 Å². The molecule has 1 atom stereocenters. The summed E-state index contributed by atoms with van der Waals surface area (Å²) in [4.78, 5) is 33.8. The molecule has 2 N–H and O–H groups in total. The molecule has 3 rings (SSSR count). The Morgan fingerprint density at radius 1 is 1.40 bits per heavy atom. The van der Waals surface area contributed by atoms with Crippen LogP contribution in [0.5, 0.6) is 0 Å². The van der Waals surface area contributed by atoms with Gasteiger partial charge in [0.25, 0.3) is 5.91 Å². The van der Waals surface area contributed by atoms with Crippen LogP contribution in [0.4, 0.5) is 5.69 Å². The Kier molecular flexibility index (Phi) is 4.74. The van der Waals surface area contributed by atoms with Gasteiger partial charge in [0.2, 0.25) is 0 Å². The van der Waals surface area contributed by atoms with Gasteiger partial charge in [0.05, 0.1) is 24.6 Å². The smallest absolute Gasteiger partial charge is 0.339 e. The fraction of sp³-hybridized carbons (Fsp3) is 0.389. The van der Waals surface area contributed by atoms with E-state index in [0.717, 1.165) is 25.2 Å². The Balaban J connectivity index is 1.69.